The van der Waals surface area contributed by atoms with E-state index in [1.54, 1.807) is 18.2 Å². The first-order valence-electron chi connectivity index (χ1n) is 4.87. The molecular formula is C12H6BrNO3. The van der Waals surface area contributed by atoms with Crippen LogP contribution in [0.5, 0.6) is 0 Å². The van der Waals surface area contributed by atoms with Crippen molar-refractivity contribution in [1.29, 1.82) is 0 Å². The lowest BCUT2D eigenvalue weighted by Gasteiger charge is -2.17. The van der Waals surface area contributed by atoms with E-state index in [0.717, 1.165) is 5.39 Å². The van der Waals surface area contributed by atoms with Crippen LogP contribution >= 0.6 is 15.9 Å². The minimum atomic E-state index is -0.655. The Hall–Kier alpha value is -1.88. The Morgan fingerprint density at radius 1 is 1.12 bits per heavy atom. The number of nitrogens with two attached hydrogens (primary N) is 1. The van der Waals surface area contributed by atoms with Gasteiger partial charge in [-0.3, -0.25) is 0 Å². The molecule has 0 spiro atoms. The lowest BCUT2D eigenvalue weighted by molar-refractivity contribution is 0.0391. The molecule has 1 heterocycles. The number of cyclic esters (lactones) is 2. The fraction of sp³-hybridized carbons (Fsp3) is 0. The molecule has 0 atom stereocenters. The van der Waals surface area contributed by atoms with Crippen molar-refractivity contribution in [2.45, 2.75) is 0 Å². The lowest BCUT2D eigenvalue weighted by atomic mass is 9.96. The molecule has 1 aliphatic heterocycles. The van der Waals surface area contributed by atoms with E-state index in [-0.39, 0.29) is 0 Å². The van der Waals surface area contributed by atoms with Gasteiger partial charge in [0.1, 0.15) is 0 Å². The van der Waals surface area contributed by atoms with Gasteiger partial charge < -0.3 is 10.5 Å². The maximum absolute atomic E-state index is 11.6. The Bertz CT molecular complexity index is 694. The van der Waals surface area contributed by atoms with Gasteiger partial charge in [-0.25, -0.2) is 9.59 Å². The van der Waals surface area contributed by atoms with Crippen LogP contribution in [0.1, 0.15) is 20.7 Å². The predicted molar refractivity (Wildman–Crippen MR) is 65.8 cm³/mol. The van der Waals surface area contributed by atoms with Crippen molar-refractivity contribution >= 4 is 44.3 Å². The molecular weight excluding hydrogens is 286 g/mol. The van der Waals surface area contributed by atoms with Gasteiger partial charge in [-0.1, -0.05) is 12.1 Å². The molecule has 0 radical (unpaired) electrons. The number of rotatable bonds is 0. The fourth-order valence-corrected chi connectivity index (χ4v) is 2.44. The molecule has 0 unspecified atom stereocenters. The Morgan fingerprint density at radius 3 is 2.59 bits per heavy atom. The van der Waals surface area contributed by atoms with Gasteiger partial charge in [0, 0.05) is 15.5 Å². The maximum Gasteiger partial charge on any atom is 0.346 e. The summed E-state index contributed by atoms with van der Waals surface area (Å²) in [5.74, 6) is -1.28. The SMILES string of the molecule is Nc1cc2c3c(cccc3c1Br)C(=O)OC2=O. The minimum absolute atomic E-state index is 0.330. The molecule has 4 nitrogen and oxygen atoms in total. The Balaban J connectivity index is 2.59. The van der Waals surface area contributed by atoms with Gasteiger partial charge in [0.05, 0.1) is 11.1 Å². The van der Waals surface area contributed by atoms with E-state index >= 15 is 0 Å². The van der Waals surface area contributed by atoms with E-state index in [9.17, 15) is 9.59 Å². The Kier molecular flexibility index (Phi) is 2.00. The molecule has 1 aliphatic rings. The molecule has 17 heavy (non-hydrogen) atoms. The van der Waals surface area contributed by atoms with Gasteiger partial charge in [-0.15, -0.1) is 0 Å². The summed E-state index contributed by atoms with van der Waals surface area (Å²) in [7, 11) is 0. The van der Waals surface area contributed by atoms with E-state index in [2.05, 4.69) is 20.7 Å². The average molecular weight is 292 g/mol. The van der Waals surface area contributed by atoms with Gasteiger partial charge in [0.15, 0.2) is 0 Å². The van der Waals surface area contributed by atoms with Gasteiger partial charge in [-0.05, 0) is 33.4 Å². The number of esters is 2. The molecule has 2 aromatic carbocycles. The molecule has 0 saturated carbocycles. The second-order valence-corrected chi connectivity index (χ2v) is 4.53. The highest BCUT2D eigenvalue weighted by Gasteiger charge is 2.28. The topological polar surface area (TPSA) is 69.4 Å². The standard InChI is InChI=1S/C12H6BrNO3/c13-10-5-2-1-3-6-9(5)7(4-8(10)14)12(16)17-11(6)15/h1-4H,14H2. The summed E-state index contributed by atoms with van der Waals surface area (Å²) >= 11 is 3.35. The third-order valence-corrected chi connectivity index (χ3v) is 3.63. The Morgan fingerprint density at radius 2 is 1.82 bits per heavy atom. The van der Waals surface area contributed by atoms with Crippen molar-refractivity contribution in [3.8, 4) is 0 Å². The summed E-state index contributed by atoms with van der Waals surface area (Å²) < 4.78 is 5.33. The number of anilines is 1. The van der Waals surface area contributed by atoms with Crippen LogP contribution in [0, 0.1) is 0 Å². The maximum atomic E-state index is 11.6. The highest BCUT2D eigenvalue weighted by atomic mass is 79.9. The van der Waals surface area contributed by atoms with E-state index in [0.29, 0.717) is 26.7 Å². The highest BCUT2D eigenvalue weighted by molar-refractivity contribution is 9.10. The third-order valence-electron chi connectivity index (χ3n) is 2.75. The number of nitrogen functional groups attached to an aromatic ring is 1. The quantitative estimate of drug-likeness (QED) is 0.460. The zero-order valence-corrected chi connectivity index (χ0v) is 10.1. The first kappa shape index (κ1) is 10.3. The van der Waals surface area contributed by atoms with Crippen LogP contribution in [0.2, 0.25) is 0 Å². The zero-order valence-electron chi connectivity index (χ0n) is 8.49. The molecule has 2 aromatic rings. The number of halogens is 1. The van der Waals surface area contributed by atoms with Crippen LogP contribution in [-0.4, -0.2) is 11.9 Å². The molecule has 5 heteroatoms. The summed E-state index contributed by atoms with van der Waals surface area (Å²) in [5, 5.41) is 1.33. The van der Waals surface area contributed by atoms with E-state index in [4.69, 9.17) is 5.73 Å². The molecule has 0 fully saturated rings. The minimum Gasteiger partial charge on any atom is -0.398 e. The second kappa shape index (κ2) is 3.30. The number of benzene rings is 2. The number of hydrogen-bond acceptors (Lipinski definition) is 4. The predicted octanol–water partition coefficient (Wildman–Crippen LogP) is 2.50. The summed E-state index contributed by atoms with van der Waals surface area (Å²) in [5.41, 5.74) is 6.95. The largest absolute Gasteiger partial charge is 0.398 e. The first-order valence-corrected chi connectivity index (χ1v) is 5.66. The van der Waals surface area contributed by atoms with Gasteiger partial charge in [0.25, 0.3) is 0 Å². The monoisotopic (exact) mass is 291 g/mol. The third kappa shape index (κ3) is 1.29. The summed E-state index contributed by atoms with van der Waals surface area (Å²) in [6, 6.07) is 6.67. The Labute approximate surface area is 104 Å². The molecule has 0 aliphatic carbocycles. The van der Waals surface area contributed by atoms with Crippen molar-refractivity contribution < 1.29 is 14.3 Å². The van der Waals surface area contributed by atoms with Crippen LogP contribution in [0.25, 0.3) is 10.8 Å². The smallest absolute Gasteiger partial charge is 0.346 e. The molecule has 0 saturated heterocycles. The molecule has 0 bridgehead atoms. The fourth-order valence-electron chi connectivity index (χ4n) is 2.00. The normalized spacial score (nSPS) is 13.9. The number of carbonyl (C=O) groups excluding carboxylic acids is 2. The average Bonchev–Trinajstić information content (AvgIpc) is 2.31. The van der Waals surface area contributed by atoms with E-state index in [1.807, 2.05) is 0 Å². The molecule has 0 aromatic heterocycles. The number of hydrogen-bond donors (Lipinski definition) is 1. The van der Waals surface area contributed by atoms with Crippen LogP contribution < -0.4 is 5.73 Å². The molecule has 0 amide bonds. The van der Waals surface area contributed by atoms with Crippen molar-refractivity contribution in [3.63, 3.8) is 0 Å². The van der Waals surface area contributed by atoms with Crippen LogP contribution in [0.3, 0.4) is 0 Å². The molecule has 3 rings (SSSR count). The van der Waals surface area contributed by atoms with E-state index < -0.39 is 11.9 Å². The van der Waals surface area contributed by atoms with Crippen LogP contribution in [0.4, 0.5) is 5.69 Å². The van der Waals surface area contributed by atoms with Gasteiger partial charge in [0.2, 0.25) is 0 Å². The van der Waals surface area contributed by atoms with Crippen molar-refractivity contribution in [2.75, 3.05) is 5.73 Å². The second-order valence-electron chi connectivity index (χ2n) is 3.73. The van der Waals surface area contributed by atoms with Gasteiger partial charge >= 0.3 is 11.9 Å². The molecule has 84 valence electrons. The summed E-state index contributed by atoms with van der Waals surface area (Å²) in [4.78, 5) is 23.2. The van der Waals surface area contributed by atoms with Crippen molar-refractivity contribution in [2.24, 2.45) is 0 Å². The number of carbonyl (C=O) groups is 2. The van der Waals surface area contributed by atoms with Crippen molar-refractivity contribution in [3.05, 3.63) is 39.9 Å². The van der Waals surface area contributed by atoms with Crippen LogP contribution in [-0.2, 0) is 4.74 Å². The van der Waals surface area contributed by atoms with Crippen molar-refractivity contribution in [1.82, 2.24) is 0 Å². The zero-order chi connectivity index (χ0) is 12.2. The summed E-state index contributed by atoms with van der Waals surface area (Å²) in [6.07, 6.45) is 0. The first-order chi connectivity index (χ1) is 8.09. The van der Waals surface area contributed by atoms with E-state index in [1.165, 1.54) is 6.07 Å². The number of ether oxygens (including phenoxy) is 1. The highest BCUT2D eigenvalue weighted by Crippen LogP contribution is 2.36. The molecule has 2 N–H and O–H groups in total. The van der Waals surface area contributed by atoms with Crippen LogP contribution in [0.15, 0.2) is 28.7 Å². The lowest BCUT2D eigenvalue weighted by Crippen LogP contribution is -2.19. The summed E-state index contributed by atoms with van der Waals surface area (Å²) in [6.45, 7) is 0. The van der Waals surface area contributed by atoms with Gasteiger partial charge in [-0.2, -0.15) is 0 Å².